The molecule has 3 N–H and O–H groups in total. The van der Waals surface area contributed by atoms with Crippen molar-refractivity contribution in [3.05, 3.63) is 137 Å². The van der Waals surface area contributed by atoms with E-state index in [-0.39, 0.29) is 18.8 Å². The molecule has 2 aliphatic carbocycles. The molecular weight excluding hydrogens is 805 g/mol. The van der Waals surface area contributed by atoms with E-state index in [1.54, 1.807) is 42.7 Å². The Morgan fingerprint density at radius 1 is 0.667 bits per heavy atom. The minimum absolute atomic E-state index is 0.138. The van der Waals surface area contributed by atoms with E-state index in [0.717, 1.165) is 44.6 Å². The van der Waals surface area contributed by atoms with Gasteiger partial charge < -0.3 is 9.84 Å². The Labute approximate surface area is 352 Å². The molecule has 8 rings (SSSR count). The summed E-state index contributed by atoms with van der Waals surface area (Å²) < 4.78 is 57.7. The number of phenolic OH excluding ortho intramolecular Hbond substituents is 1. The maximum absolute atomic E-state index is 13.2. The van der Waals surface area contributed by atoms with Crippen molar-refractivity contribution in [2.75, 3.05) is 8.61 Å². The van der Waals surface area contributed by atoms with E-state index in [4.69, 9.17) is 4.74 Å². The SMILES string of the molecule is Cc1cc(C)cc(-c2ccc(N(C3CCCc4c3cnn4CC(=O)OC(=O)Cn3ncc4c3CCCC4N(c3ccc(-c4cccc(O)c4)cc3)S(=O)O)S(=O)O)cc2)c1. The number of ether oxygens (including phenoxy) is 1. The monoisotopic (exact) mass is 848 g/mol. The summed E-state index contributed by atoms with van der Waals surface area (Å²) >= 11 is -4.74. The first-order valence-corrected chi connectivity index (χ1v) is 21.8. The van der Waals surface area contributed by atoms with Crippen molar-refractivity contribution >= 4 is 45.8 Å². The van der Waals surface area contributed by atoms with Gasteiger partial charge in [-0.05, 0) is 111 Å². The van der Waals surface area contributed by atoms with Crippen LogP contribution in [-0.2, 0) is 62.8 Å². The second kappa shape index (κ2) is 17.3. The molecule has 0 aliphatic heterocycles. The van der Waals surface area contributed by atoms with Gasteiger partial charge in [0.25, 0.3) is 22.5 Å². The molecule has 4 atom stereocenters. The highest BCUT2D eigenvalue weighted by Gasteiger charge is 2.34. The molecule has 310 valence electrons. The fourth-order valence-electron chi connectivity index (χ4n) is 8.57. The summed E-state index contributed by atoms with van der Waals surface area (Å²) in [6, 6.07) is 26.9. The van der Waals surface area contributed by atoms with Crippen LogP contribution < -0.4 is 8.61 Å². The van der Waals surface area contributed by atoms with Crippen molar-refractivity contribution in [3.8, 4) is 28.0 Å². The number of benzene rings is 4. The van der Waals surface area contributed by atoms with Gasteiger partial charge in [-0.3, -0.25) is 27.1 Å². The summed E-state index contributed by atoms with van der Waals surface area (Å²) in [6.45, 7) is 3.42. The van der Waals surface area contributed by atoms with E-state index in [1.807, 2.05) is 56.3 Å². The van der Waals surface area contributed by atoms with E-state index in [2.05, 4.69) is 28.4 Å². The van der Waals surface area contributed by atoms with E-state index in [1.165, 1.54) is 18.0 Å². The van der Waals surface area contributed by atoms with Crippen molar-refractivity contribution in [1.82, 2.24) is 19.6 Å². The molecule has 2 heterocycles. The number of rotatable bonds is 12. The maximum atomic E-state index is 13.2. The first-order chi connectivity index (χ1) is 28.9. The number of hydrogen-bond donors (Lipinski definition) is 3. The smallest absolute Gasteiger partial charge is 0.335 e. The van der Waals surface area contributed by atoms with Crippen molar-refractivity contribution in [2.45, 2.75) is 77.5 Å². The van der Waals surface area contributed by atoms with Gasteiger partial charge in [-0.2, -0.15) is 10.2 Å². The standard InChI is InChI=1S/C44H44N6O8S2/c1-28-20-29(2)22-33(21-28)31-14-18-35(19-15-31)50(60(56)57)42-11-5-9-40-38(42)25-46-48(40)27-44(53)58-43(52)26-47-39-8-4-10-41(37(39)24-45-47)49(59(54)55)34-16-12-30(13-17-34)32-6-3-7-36(51)23-32/h3,6-7,12-25,41-42,51H,4-5,8-11,26-27H2,1-2H3,(H,54,55)(H,56,57). The fraction of sp³-hybridized carbons (Fsp3) is 0.273. The van der Waals surface area contributed by atoms with Crippen LogP contribution >= 0.6 is 0 Å². The van der Waals surface area contributed by atoms with Crippen LogP contribution in [0.2, 0.25) is 0 Å². The molecule has 14 nitrogen and oxygen atoms in total. The molecule has 0 fully saturated rings. The third-order valence-electron chi connectivity index (χ3n) is 11.1. The zero-order valence-corrected chi connectivity index (χ0v) is 34.6. The number of nitrogens with zero attached hydrogens (tertiary/aromatic N) is 6. The molecular formula is C44H44N6O8S2. The van der Waals surface area contributed by atoms with Gasteiger partial charge in [0.2, 0.25) is 0 Å². The third kappa shape index (κ3) is 8.54. The molecule has 6 aromatic rings. The van der Waals surface area contributed by atoms with Crippen LogP contribution in [0, 0.1) is 13.8 Å². The Balaban J connectivity index is 0.928. The summed E-state index contributed by atoms with van der Waals surface area (Å²) in [5, 5.41) is 18.8. The van der Waals surface area contributed by atoms with Crippen LogP contribution in [0.4, 0.5) is 11.4 Å². The van der Waals surface area contributed by atoms with Gasteiger partial charge in [-0.25, -0.2) is 18.0 Å². The van der Waals surface area contributed by atoms with Crippen molar-refractivity contribution in [2.24, 2.45) is 0 Å². The number of carbonyl (C=O) groups is 2. The molecule has 4 aromatic carbocycles. The number of anilines is 2. The summed E-state index contributed by atoms with van der Waals surface area (Å²) in [7, 11) is 0. The van der Waals surface area contributed by atoms with Crippen molar-refractivity contribution < 1.29 is 37.0 Å². The number of hydrogen-bond acceptors (Lipinski definition) is 8. The lowest BCUT2D eigenvalue weighted by molar-refractivity contribution is -0.160. The summed E-state index contributed by atoms with van der Waals surface area (Å²) in [5.41, 5.74) is 9.94. The molecule has 2 aliphatic rings. The first kappa shape index (κ1) is 40.8. The van der Waals surface area contributed by atoms with Gasteiger partial charge in [0.15, 0.2) is 0 Å². The largest absolute Gasteiger partial charge is 0.508 e. The average molecular weight is 849 g/mol. The second-order valence-electron chi connectivity index (χ2n) is 15.2. The minimum Gasteiger partial charge on any atom is -0.508 e. The highest BCUT2D eigenvalue weighted by molar-refractivity contribution is 7.81. The molecule has 0 radical (unpaired) electrons. The van der Waals surface area contributed by atoms with Gasteiger partial charge in [0.1, 0.15) is 18.8 Å². The summed E-state index contributed by atoms with van der Waals surface area (Å²) in [4.78, 5) is 26.3. The summed E-state index contributed by atoms with van der Waals surface area (Å²) in [5.74, 6) is -1.49. The predicted molar refractivity (Wildman–Crippen MR) is 228 cm³/mol. The quantitative estimate of drug-likeness (QED) is 0.0633. The lowest BCUT2D eigenvalue weighted by atomic mass is 9.92. The first-order valence-electron chi connectivity index (χ1n) is 19.6. The Morgan fingerprint density at radius 3 is 1.58 bits per heavy atom. The number of aromatic nitrogens is 4. The number of aryl methyl sites for hydroxylation is 2. The van der Waals surface area contributed by atoms with Crippen LogP contribution in [0.15, 0.2) is 103 Å². The van der Waals surface area contributed by atoms with Crippen LogP contribution in [0.5, 0.6) is 5.75 Å². The lowest BCUT2D eigenvalue weighted by Crippen LogP contribution is -2.33. The minimum atomic E-state index is -2.39. The molecule has 0 saturated carbocycles. The Morgan fingerprint density at radius 2 is 1.13 bits per heavy atom. The number of phenols is 1. The van der Waals surface area contributed by atoms with Gasteiger partial charge in [-0.15, -0.1) is 0 Å². The zero-order chi connectivity index (χ0) is 42.1. The normalized spacial score (nSPS) is 16.9. The van der Waals surface area contributed by atoms with Crippen LogP contribution in [0.25, 0.3) is 22.3 Å². The number of aromatic hydroxyl groups is 1. The van der Waals surface area contributed by atoms with Crippen molar-refractivity contribution in [1.29, 1.82) is 0 Å². The van der Waals surface area contributed by atoms with E-state index in [0.29, 0.717) is 61.2 Å². The highest BCUT2D eigenvalue weighted by Crippen LogP contribution is 2.40. The lowest BCUT2D eigenvalue weighted by Gasteiger charge is -2.33. The Hall–Kier alpha value is -5.94. The Kier molecular flexibility index (Phi) is 11.8. The van der Waals surface area contributed by atoms with Crippen LogP contribution in [-0.4, -0.2) is 54.1 Å². The topological polar surface area (TPSA) is 180 Å². The summed E-state index contributed by atoms with van der Waals surface area (Å²) in [6.07, 6.45) is 6.87. The second-order valence-corrected chi connectivity index (χ2v) is 16.9. The molecule has 0 bridgehead atoms. The fourth-order valence-corrected chi connectivity index (χ4v) is 10.1. The highest BCUT2D eigenvalue weighted by atomic mass is 32.2. The van der Waals surface area contributed by atoms with Gasteiger partial charge >= 0.3 is 11.9 Å². The average Bonchev–Trinajstić information content (AvgIpc) is 3.82. The van der Waals surface area contributed by atoms with E-state index >= 15 is 0 Å². The maximum Gasteiger partial charge on any atom is 0.335 e. The molecule has 2 aromatic heterocycles. The molecule has 0 spiro atoms. The molecule has 16 heteroatoms. The third-order valence-corrected chi connectivity index (χ3v) is 12.7. The zero-order valence-electron chi connectivity index (χ0n) is 33.0. The van der Waals surface area contributed by atoms with Gasteiger partial charge in [-0.1, -0.05) is 65.7 Å². The molecule has 60 heavy (non-hydrogen) atoms. The van der Waals surface area contributed by atoms with Gasteiger partial charge in [0, 0.05) is 22.5 Å². The van der Waals surface area contributed by atoms with Crippen LogP contribution in [0.3, 0.4) is 0 Å². The predicted octanol–water partition coefficient (Wildman–Crippen LogP) is 7.55. The van der Waals surface area contributed by atoms with E-state index in [9.17, 15) is 32.2 Å². The number of fused-ring (bicyclic) bond motifs is 2. The van der Waals surface area contributed by atoms with Crippen LogP contribution in [0.1, 0.15) is 71.4 Å². The molecule has 0 saturated heterocycles. The molecule has 4 unspecified atom stereocenters. The van der Waals surface area contributed by atoms with Crippen molar-refractivity contribution in [3.63, 3.8) is 0 Å². The molecule has 0 amide bonds. The Bertz CT molecular complexity index is 2590. The number of carbonyl (C=O) groups excluding carboxylic acids is 2. The van der Waals surface area contributed by atoms with E-state index < -0.39 is 46.6 Å². The van der Waals surface area contributed by atoms with Gasteiger partial charge in [0.05, 0.1) is 35.9 Å². The number of esters is 2.